The molecule has 1 fully saturated rings. The molecule has 0 saturated carbocycles. The highest BCUT2D eigenvalue weighted by atomic mass is 32.2. The predicted octanol–water partition coefficient (Wildman–Crippen LogP) is 3.50. The van der Waals surface area contributed by atoms with Crippen LogP contribution in [0.2, 0.25) is 0 Å². The molecule has 2 aliphatic heterocycles. The molecule has 0 radical (unpaired) electrons. The molecule has 0 aliphatic carbocycles. The zero-order valence-electron chi connectivity index (χ0n) is 27.9. The van der Waals surface area contributed by atoms with E-state index in [1.807, 2.05) is 13.0 Å². The third-order valence-electron chi connectivity index (χ3n) is 7.67. The van der Waals surface area contributed by atoms with E-state index >= 15 is 0 Å². The number of carbonyl (C=O) groups excluding carboxylic acids is 4. The van der Waals surface area contributed by atoms with E-state index in [2.05, 4.69) is 60.0 Å². The highest BCUT2D eigenvalue weighted by Gasteiger charge is 2.54. The molecule has 1 saturated heterocycles. The lowest BCUT2D eigenvalue weighted by molar-refractivity contribution is -0.154. The lowest BCUT2D eigenvalue weighted by Gasteiger charge is -2.49. The number of oxime groups is 1. The number of allylic oxidation sites excluding steroid dienone is 2. The summed E-state index contributed by atoms with van der Waals surface area (Å²) in [7, 11) is 15.8. The van der Waals surface area contributed by atoms with Crippen molar-refractivity contribution in [3.63, 3.8) is 0 Å². The van der Waals surface area contributed by atoms with Crippen LogP contribution in [0.1, 0.15) is 47.4 Å². The first-order valence-electron chi connectivity index (χ1n) is 15.0. The zero-order valence-corrected chi connectivity index (χ0v) is 34.4. The first-order valence-corrected chi connectivity index (χ1v) is 20.8. The number of hydrogen-bond donors (Lipinski definition) is 2. The Bertz CT molecular complexity index is 1890. The monoisotopic (exact) mass is 819 g/mol. The van der Waals surface area contributed by atoms with Gasteiger partial charge in [-0.1, -0.05) is 53.2 Å². The Kier molecular flexibility index (Phi) is 14.6. The molecule has 19 heteroatoms. The Morgan fingerprint density at radius 2 is 1.80 bits per heavy atom. The number of hydrogen-bond acceptors (Lipinski definition) is 12. The molecule has 3 atom stereocenters. The molecule has 0 bridgehead atoms. The molecule has 3 unspecified atom stereocenters. The van der Waals surface area contributed by atoms with Gasteiger partial charge in [-0.15, -0.1) is 49.7 Å². The van der Waals surface area contributed by atoms with Crippen molar-refractivity contribution in [1.29, 1.82) is 0 Å². The van der Waals surface area contributed by atoms with Crippen LogP contribution < -0.4 is 21.2 Å². The standard InChI is InChI=1S/C32H34N5O7P5S2/c1-7-8-9-15-13-50-29-22(28(39)37(29)23(15)30(40)42-3)35-27(38)21(19-14-51-32(33-2)34-19)36-44-24(31(41)43-4)20-17(11-46)16(10-45)18(12-47)25(48-5)26(20)49-6/h8-12,14,22,24,29,45-47H,5-7,13H2,1-4H3,(H,33,34)(H,35,38)/b9-8+,36-21-. The Balaban J connectivity index is 1.79. The number of anilines is 1. The molecule has 1 aromatic carbocycles. The summed E-state index contributed by atoms with van der Waals surface area (Å²) in [6, 6.07) is -1.00. The number of methoxy groups -OCH3 is 2. The molecule has 2 N–H and O–H groups in total. The molecule has 266 valence electrons. The van der Waals surface area contributed by atoms with E-state index in [-0.39, 0.29) is 17.1 Å². The van der Waals surface area contributed by atoms with Crippen LogP contribution in [0, 0.1) is 0 Å². The molecule has 2 aromatic rings. The lowest BCUT2D eigenvalue weighted by atomic mass is 9.95. The summed E-state index contributed by atoms with van der Waals surface area (Å²) < 4.78 is 10.1. The molecule has 2 amide bonds. The molecule has 2 aliphatic rings. The second-order valence-electron chi connectivity index (χ2n) is 10.4. The van der Waals surface area contributed by atoms with E-state index < -0.39 is 41.3 Å². The van der Waals surface area contributed by atoms with Crippen molar-refractivity contribution in [3.8, 4) is 0 Å². The van der Waals surface area contributed by atoms with Crippen molar-refractivity contribution >= 4 is 141 Å². The summed E-state index contributed by atoms with van der Waals surface area (Å²) in [5.74, 6) is 2.75. The number of rotatable bonds is 16. The van der Waals surface area contributed by atoms with Gasteiger partial charge in [0, 0.05) is 34.4 Å². The number of esters is 2. The number of aromatic nitrogens is 1. The first-order chi connectivity index (χ1) is 24.6. The van der Waals surface area contributed by atoms with Gasteiger partial charge in [0.2, 0.25) is 6.10 Å². The van der Waals surface area contributed by atoms with Crippen molar-refractivity contribution < 1.29 is 33.5 Å². The third kappa shape index (κ3) is 8.04. The van der Waals surface area contributed by atoms with Gasteiger partial charge in [-0.3, -0.25) is 14.5 Å². The van der Waals surface area contributed by atoms with Crippen LogP contribution >= 0.6 is 66.1 Å². The number of thioether (sulfide) groups is 1. The maximum atomic E-state index is 14.0. The Morgan fingerprint density at radius 3 is 2.35 bits per heavy atom. The smallest absolute Gasteiger partial charge is 0.355 e. The molecule has 12 nitrogen and oxygen atoms in total. The average Bonchev–Trinajstić information content (AvgIpc) is 3.64. The van der Waals surface area contributed by atoms with Crippen LogP contribution in [0.4, 0.5) is 5.13 Å². The van der Waals surface area contributed by atoms with Crippen LogP contribution in [0.15, 0.2) is 34.0 Å². The van der Waals surface area contributed by atoms with Gasteiger partial charge < -0.3 is 24.9 Å². The number of benzene rings is 1. The minimum absolute atomic E-state index is 0.130. The van der Waals surface area contributed by atoms with Gasteiger partial charge in [0.15, 0.2) is 10.8 Å². The van der Waals surface area contributed by atoms with Crippen molar-refractivity contribution in [2.45, 2.75) is 30.9 Å². The number of carbonyl (C=O) groups is 4. The van der Waals surface area contributed by atoms with Crippen LogP contribution in [0.5, 0.6) is 0 Å². The lowest BCUT2D eigenvalue weighted by Crippen LogP contribution is -2.71. The van der Waals surface area contributed by atoms with Crippen LogP contribution in [0.3, 0.4) is 0 Å². The molecule has 1 aromatic heterocycles. The summed E-state index contributed by atoms with van der Waals surface area (Å²) in [4.78, 5) is 65.5. The SMILES string of the molecule is C=Pc1c(C=P)c(C=P)c(C=P)c(C(O/N=C(\C(=O)NC2C(=O)N3C(C(=O)OC)=C(/C=C/CC)CSC23)c2csc(NC)n2)C(=O)OC)c1P=C. The minimum atomic E-state index is -1.47. The van der Waals surface area contributed by atoms with Crippen LogP contribution in [-0.4, -0.2) is 108 Å². The number of ether oxygens (including phenoxy) is 2. The Morgan fingerprint density at radius 1 is 1.12 bits per heavy atom. The molecule has 3 heterocycles. The predicted molar refractivity (Wildman–Crippen MR) is 222 cm³/mol. The number of nitrogens with one attached hydrogen (secondary N) is 2. The zero-order chi connectivity index (χ0) is 37.4. The minimum Gasteiger partial charge on any atom is -0.466 e. The van der Waals surface area contributed by atoms with Gasteiger partial charge >= 0.3 is 11.9 Å². The van der Waals surface area contributed by atoms with E-state index in [1.165, 1.54) is 42.2 Å². The largest absolute Gasteiger partial charge is 0.466 e. The molecule has 4 rings (SSSR count). The topological polar surface area (TPSA) is 149 Å². The van der Waals surface area contributed by atoms with E-state index in [0.717, 1.165) is 17.3 Å². The summed E-state index contributed by atoms with van der Waals surface area (Å²) in [5.41, 5.74) is 3.06. The van der Waals surface area contributed by atoms with Crippen molar-refractivity contribution in [2.75, 3.05) is 32.3 Å². The number of thiazole rings is 1. The number of fused-ring (bicyclic) bond motifs is 1. The first kappa shape index (κ1) is 40.5. The van der Waals surface area contributed by atoms with Gasteiger partial charge in [-0.05, 0) is 46.1 Å². The van der Waals surface area contributed by atoms with Gasteiger partial charge in [0.05, 0.1) is 14.2 Å². The summed E-state index contributed by atoms with van der Waals surface area (Å²) >= 11 is 2.61. The fraction of sp³-hybridized carbons (Fsp3) is 0.281. The van der Waals surface area contributed by atoms with Gasteiger partial charge in [0.1, 0.15) is 22.8 Å². The molecule has 51 heavy (non-hydrogen) atoms. The molecular formula is C32H34N5O7P5S2. The van der Waals surface area contributed by atoms with Gasteiger partial charge in [0.25, 0.3) is 11.8 Å². The van der Waals surface area contributed by atoms with Crippen molar-refractivity contribution in [1.82, 2.24) is 15.2 Å². The Labute approximate surface area is 313 Å². The summed E-state index contributed by atoms with van der Waals surface area (Å²) in [6.45, 7) is 1.96. The average molecular weight is 820 g/mol. The van der Waals surface area contributed by atoms with Gasteiger partial charge in [-0.2, -0.15) is 0 Å². The van der Waals surface area contributed by atoms with Crippen molar-refractivity contribution in [2.24, 2.45) is 5.16 Å². The third-order valence-corrected chi connectivity index (χ3v) is 12.4. The number of amides is 2. The van der Waals surface area contributed by atoms with Crippen LogP contribution in [0.25, 0.3) is 0 Å². The van der Waals surface area contributed by atoms with Crippen molar-refractivity contribution in [3.05, 3.63) is 56.7 Å². The van der Waals surface area contributed by atoms with Crippen LogP contribution in [-0.2, 0) is 33.5 Å². The number of nitrogens with zero attached hydrogens (tertiary/aromatic N) is 3. The normalized spacial score (nSPS) is 17.8. The summed E-state index contributed by atoms with van der Waals surface area (Å²) in [6.07, 6.45) is 11.1. The highest BCUT2D eigenvalue weighted by Crippen LogP contribution is 2.41. The second-order valence-corrected chi connectivity index (χ2v) is 14.7. The maximum Gasteiger partial charge on any atom is 0.355 e. The van der Waals surface area contributed by atoms with E-state index in [0.29, 0.717) is 54.9 Å². The number of β-lactam (4-membered cyclic amide) rings is 1. The van der Waals surface area contributed by atoms with Gasteiger partial charge in [-0.25, -0.2) is 14.6 Å². The fourth-order valence-corrected chi connectivity index (χ4v) is 10.0. The quantitative estimate of drug-likeness (QED) is 0.0849. The fourth-order valence-electron chi connectivity index (χ4n) is 5.30. The Hall–Kier alpha value is -3.32. The van der Waals surface area contributed by atoms with E-state index in [4.69, 9.17) is 14.3 Å². The maximum absolute atomic E-state index is 14.0. The van der Waals surface area contributed by atoms with E-state index in [1.54, 1.807) is 35.9 Å². The molecule has 0 spiro atoms. The second kappa shape index (κ2) is 18.4. The highest BCUT2D eigenvalue weighted by molar-refractivity contribution is 8.00. The van der Waals surface area contributed by atoms with E-state index in [9.17, 15) is 19.2 Å². The summed E-state index contributed by atoms with van der Waals surface area (Å²) in [5, 5.41) is 12.8. The molecular weight excluding hydrogens is 785 g/mol.